The molecule has 1 aliphatic rings. The Morgan fingerprint density at radius 2 is 1.74 bits per heavy atom. The van der Waals surface area contributed by atoms with E-state index in [4.69, 9.17) is 9.47 Å². The smallest absolute Gasteiger partial charge is 0.223 e. The van der Waals surface area contributed by atoms with Gasteiger partial charge in [-0.3, -0.25) is 4.79 Å². The van der Waals surface area contributed by atoms with Crippen LogP contribution in [-0.4, -0.2) is 36.6 Å². The molecule has 1 aromatic heterocycles. The number of hydrogen-bond acceptors (Lipinski definition) is 3. The number of methoxy groups -OCH3 is 2. The Labute approximate surface area is 200 Å². The molecule has 0 aliphatic carbocycles. The molecule has 0 radical (unpaired) electrons. The Hall–Kier alpha value is -3.73. The number of fused-ring (bicyclic) bond motifs is 2. The second kappa shape index (κ2) is 9.64. The van der Waals surface area contributed by atoms with Crippen LogP contribution in [0.1, 0.15) is 41.1 Å². The highest BCUT2D eigenvalue weighted by Gasteiger charge is 2.33. The minimum absolute atomic E-state index is 0.134. The highest BCUT2D eigenvalue weighted by molar-refractivity contribution is 5.83. The van der Waals surface area contributed by atoms with Crippen LogP contribution in [0.5, 0.6) is 11.5 Å². The largest absolute Gasteiger partial charge is 0.493 e. The summed E-state index contributed by atoms with van der Waals surface area (Å²) < 4.78 is 11.1. The Bertz CT molecular complexity index is 1300. The quantitative estimate of drug-likeness (QED) is 0.391. The first kappa shape index (κ1) is 22.1. The van der Waals surface area contributed by atoms with E-state index in [0.717, 1.165) is 41.7 Å². The van der Waals surface area contributed by atoms with Crippen molar-refractivity contribution in [1.82, 2.24) is 9.88 Å². The van der Waals surface area contributed by atoms with Gasteiger partial charge in [0.15, 0.2) is 11.5 Å². The summed E-state index contributed by atoms with van der Waals surface area (Å²) in [7, 11) is 3.31. The lowest BCUT2D eigenvalue weighted by Crippen LogP contribution is -2.40. The third kappa shape index (κ3) is 4.14. The lowest BCUT2D eigenvalue weighted by molar-refractivity contribution is -0.133. The molecular formula is C29H30N2O3. The molecule has 1 amide bonds. The van der Waals surface area contributed by atoms with Gasteiger partial charge in [0.1, 0.15) is 0 Å². The second-order valence-corrected chi connectivity index (χ2v) is 8.77. The number of benzene rings is 3. The Morgan fingerprint density at radius 3 is 2.53 bits per heavy atom. The average Bonchev–Trinajstić information content (AvgIpc) is 3.30. The van der Waals surface area contributed by atoms with E-state index >= 15 is 0 Å². The topological polar surface area (TPSA) is 54.6 Å². The van der Waals surface area contributed by atoms with Crippen molar-refractivity contribution < 1.29 is 14.3 Å². The Balaban J connectivity index is 1.39. The molecule has 1 aliphatic heterocycles. The van der Waals surface area contributed by atoms with Gasteiger partial charge in [0.05, 0.1) is 20.3 Å². The first-order valence-electron chi connectivity index (χ1n) is 11.8. The molecule has 0 fully saturated rings. The van der Waals surface area contributed by atoms with E-state index < -0.39 is 0 Å². The number of carbonyl (C=O) groups excluding carboxylic acids is 1. The molecule has 0 unspecified atom stereocenters. The first-order valence-corrected chi connectivity index (χ1v) is 11.8. The monoisotopic (exact) mass is 454 g/mol. The van der Waals surface area contributed by atoms with E-state index in [1.54, 1.807) is 14.2 Å². The molecule has 0 bridgehead atoms. The fourth-order valence-corrected chi connectivity index (χ4v) is 5.12. The number of aromatic nitrogens is 1. The maximum absolute atomic E-state index is 13.5. The molecule has 4 aromatic rings. The van der Waals surface area contributed by atoms with Crippen LogP contribution in [0.4, 0.5) is 0 Å². The van der Waals surface area contributed by atoms with Crippen molar-refractivity contribution in [3.63, 3.8) is 0 Å². The standard InChI is InChI=1S/C29H30N2O3/c1-33-26-17-21-15-16-31(29(20-9-4-3-5-10-20)24(21)18-27(26)34-2)28(32)14-8-11-22-19-30-25-13-7-6-12-23(22)25/h3-7,9-10,12-13,17-19,29-30H,8,11,14-16H2,1-2H3/t29-/m1/s1. The average molecular weight is 455 g/mol. The number of rotatable bonds is 7. The van der Waals surface area contributed by atoms with E-state index in [2.05, 4.69) is 47.6 Å². The molecule has 0 spiro atoms. The predicted molar refractivity (Wildman–Crippen MR) is 134 cm³/mol. The number of hydrogen-bond donors (Lipinski definition) is 1. The number of H-pyrrole nitrogens is 1. The maximum Gasteiger partial charge on any atom is 0.223 e. The summed E-state index contributed by atoms with van der Waals surface area (Å²) in [4.78, 5) is 18.9. The molecule has 34 heavy (non-hydrogen) atoms. The predicted octanol–water partition coefficient (Wildman–Crippen LogP) is 5.68. The molecule has 5 nitrogen and oxygen atoms in total. The van der Waals surface area contributed by atoms with Crippen molar-refractivity contribution in [3.8, 4) is 11.5 Å². The normalized spacial score (nSPS) is 15.2. The van der Waals surface area contributed by atoms with Crippen LogP contribution < -0.4 is 9.47 Å². The molecule has 3 aromatic carbocycles. The molecule has 1 N–H and O–H groups in total. The van der Waals surface area contributed by atoms with Crippen LogP contribution in [0.2, 0.25) is 0 Å². The van der Waals surface area contributed by atoms with Crippen LogP contribution in [0.25, 0.3) is 10.9 Å². The molecule has 5 heteroatoms. The van der Waals surface area contributed by atoms with Crippen LogP contribution in [-0.2, 0) is 17.6 Å². The third-order valence-electron chi connectivity index (χ3n) is 6.82. The number of carbonyl (C=O) groups is 1. The van der Waals surface area contributed by atoms with Crippen molar-refractivity contribution in [1.29, 1.82) is 0 Å². The lowest BCUT2D eigenvalue weighted by Gasteiger charge is -2.38. The van der Waals surface area contributed by atoms with Gasteiger partial charge in [-0.15, -0.1) is 0 Å². The highest BCUT2D eigenvalue weighted by atomic mass is 16.5. The van der Waals surface area contributed by atoms with Gasteiger partial charge in [-0.1, -0.05) is 48.5 Å². The fourth-order valence-electron chi connectivity index (χ4n) is 5.12. The SMILES string of the molecule is COc1cc2c(cc1OC)[C@@H](c1ccccc1)N(C(=O)CCCc1c[nH]c3ccccc13)CC2. The van der Waals surface area contributed by atoms with Crippen molar-refractivity contribution in [2.45, 2.75) is 31.7 Å². The zero-order valence-corrected chi connectivity index (χ0v) is 19.7. The minimum atomic E-state index is -0.134. The number of aryl methyl sites for hydroxylation is 1. The lowest BCUT2D eigenvalue weighted by atomic mass is 9.87. The van der Waals surface area contributed by atoms with E-state index in [1.807, 2.05) is 35.2 Å². The number of nitrogens with one attached hydrogen (secondary N) is 1. The van der Waals surface area contributed by atoms with Crippen molar-refractivity contribution in [2.24, 2.45) is 0 Å². The minimum Gasteiger partial charge on any atom is -0.493 e. The fraction of sp³-hybridized carbons (Fsp3) is 0.276. The molecule has 2 heterocycles. The third-order valence-corrected chi connectivity index (χ3v) is 6.82. The molecular weight excluding hydrogens is 424 g/mol. The van der Waals surface area contributed by atoms with Gasteiger partial charge in [-0.25, -0.2) is 0 Å². The second-order valence-electron chi connectivity index (χ2n) is 8.77. The summed E-state index contributed by atoms with van der Waals surface area (Å²) in [5.41, 5.74) is 5.84. The number of aromatic amines is 1. The number of para-hydroxylation sites is 1. The Morgan fingerprint density at radius 1 is 1.00 bits per heavy atom. The Kier molecular flexibility index (Phi) is 6.26. The van der Waals surface area contributed by atoms with Crippen LogP contribution in [0, 0.1) is 0 Å². The van der Waals surface area contributed by atoms with E-state index in [-0.39, 0.29) is 11.9 Å². The van der Waals surface area contributed by atoms with Crippen LogP contribution >= 0.6 is 0 Å². The van der Waals surface area contributed by atoms with Crippen molar-refractivity contribution in [2.75, 3.05) is 20.8 Å². The number of ether oxygens (including phenoxy) is 2. The summed E-state index contributed by atoms with van der Waals surface area (Å²) in [6.45, 7) is 0.688. The number of amides is 1. The molecule has 174 valence electrons. The van der Waals surface area contributed by atoms with Crippen LogP contribution in [0.15, 0.2) is 72.9 Å². The highest BCUT2D eigenvalue weighted by Crippen LogP contribution is 2.41. The van der Waals surface area contributed by atoms with Gasteiger partial charge in [0.2, 0.25) is 5.91 Å². The molecule has 1 atom stereocenters. The summed E-state index contributed by atoms with van der Waals surface area (Å²) in [5.74, 6) is 1.61. The van der Waals surface area contributed by atoms with E-state index in [1.165, 1.54) is 16.5 Å². The van der Waals surface area contributed by atoms with Gasteiger partial charge >= 0.3 is 0 Å². The zero-order valence-electron chi connectivity index (χ0n) is 19.7. The van der Waals surface area contributed by atoms with Gasteiger partial charge in [-0.2, -0.15) is 0 Å². The summed E-state index contributed by atoms with van der Waals surface area (Å²) in [5, 5.41) is 1.24. The van der Waals surface area contributed by atoms with Crippen LogP contribution in [0.3, 0.4) is 0 Å². The van der Waals surface area contributed by atoms with Gasteiger partial charge in [0, 0.05) is 30.1 Å². The van der Waals surface area contributed by atoms with E-state index in [9.17, 15) is 4.79 Å². The summed E-state index contributed by atoms with van der Waals surface area (Å²) in [6, 6.07) is 22.6. The number of nitrogens with zero attached hydrogens (tertiary/aromatic N) is 1. The van der Waals surface area contributed by atoms with Crippen molar-refractivity contribution >= 4 is 16.8 Å². The summed E-state index contributed by atoms with van der Waals surface area (Å²) in [6.07, 6.45) is 5.08. The first-order chi connectivity index (χ1) is 16.7. The van der Waals surface area contributed by atoms with Gasteiger partial charge in [-0.05, 0) is 59.7 Å². The molecule has 0 saturated carbocycles. The van der Waals surface area contributed by atoms with Crippen molar-refractivity contribution in [3.05, 3.63) is 95.2 Å². The van der Waals surface area contributed by atoms with E-state index in [0.29, 0.717) is 18.7 Å². The molecule has 5 rings (SSSR count). The van der Waals surface area contributed by atoms with Gasteiger partial charge < -0.3 is 19.4 Å². The summed E-state index contributed by atoms with van der Waals surface area (Å²) >= 11 is 0. The van der Waals surface area contributed by atoms with Gasteiger partial charge in [0.25, 0.3) is 0 Å². The molecule has 0 saturated heterocycles. The zero-order chi connectivity index (χ0) is 23.5. The maximum atomic E-state index is 13.5.